The molecule has 6 heteroatoms. The lowest BCUT2D eigenvalue weighted by Gasteiger charge is -2.40. The molecule has 1 saturated heterocycles. The fraction of sp³-hybridized carbons (Fsp3) is 0.231. The van der Waals surface area contributed by atoms with Crippen LogP contribution in [0.5, 0.6) is 5.75 Å². The predicted molar refractivity (Wildman–Crippen MR) is 122 cm³/mol. The van der Waals surface area contributed by atoms with Gasteiger partial charge in [0.25, 0.3) is 11.8 Å². The topological polar surface area (TPSA) is 81.9 Å². The standard InChI is InChI=1S/C26H26N2O4/c1-31-23-9-5-8-22(16-23)24(29)28-14-15-32-26(18-28,25(27)30)17-19-10-12-21(13-11-19)20-6-3-2-4-7-20/h2-13,16H,14-15,17-18H2,1H3,(H2,27,30)/t26-/m0/s1. The molecule has 3 aromatic carbocycles. The van der Waals surface area contributed by atoms with Crippen LogP contribution in [0.2, 0.25) is 0 Å². The molecule has 0 radical (unpaired) electrons. The van der Waals surface area contributed by atoms with Crippen molar-refractivity contribution in [3.8, 4) is 16.9 Å². The van der Waals surface area contributed by atoms with E-state index in [0.717, 1.165) is 16.7 Å². The van der Waals surface area contributed by atoms with Gasteiger partial charge in [0.1, 0.15) is 5.75 Å². The lowest BCUT2D eigenvalue weighted by molar-refractivity contribution is -0.153. The van der Waals surface area contributed by atoms with Crippen molar-refractivity contribution in [3.63, 3.8) is 0 Å². The fourth-order valence-corrected chi connectivity index (χ4v) is 4.01. The Morgan fingerprint density at radius 3 is 2.41 bits per heavy atom. The number of hydrogen-bond donors (Lipinski definition) is 1. The molecule has 0 saturated carbocycles. The van der Waals surface area contributed by atoms with E-state index in [1.807, 2.05) is 54.6 Å². The van der Waals surface area contributed by atoms with E-state index in [1.165, 1.54) is 0 Å². The first-order valence-corrected chi connectivity index (χ1v) is 10.5. The molecule has 3 aromatic rings. The molecule has 2 N–H and O–H groups in total. The summed E-state index contributed by atoms with van der Waals surface area (Å²) >= 11 is 0. The molecule has 0 spiro atoms. The van der Waals surface area contributed by atoms with Crippen molar-refractivity contribution in [1.29, 1.82) is 0 Å². The second kappa shape index (κ2) is 9.24. The average Bonchev–Trinajstić information content (AvgIpc) is 2.84. The number of carbonyl (C=O) groups excluding carboxylic acids is 2. The smallest absolute Gasteiger partial charge is 0.254 e. The molecule has 0 bridgehead atoms. The summed E-state index contributed by atoms with van der Waals surface area (Å²) in [5.41, 5.74) is 8.14. The SMILES string of the molecule is COc1cccc(C(=O)N2CCO[C@](Cc3ccc(-c4ccccc4)cc3)(C(N)=O)C2)c1. The van der Waals surface area contributed by atoms with Gasteiger partial charge in [0.15, 0.2) is 5.60 Å². The highest BCUT2D eigenvalue weighted by atomic mass is 16.5. The van der Waals surface area contributed by atoms with Crippen molar-refractivity contribution >= 4 is 11.8 Å². The molecule has 1 fully saturated rings. The van der Waals surface area contributed by atoms with E-state index in [1.54, 1.807) is 36.3 Å². The van der Waals surface area contributed by atoms with Crippen LogP contribution in [0, 0.1) is 0 Å². The Balaban J connectivity index is 1.54. The number of ether oxygens (including phenoxy) is 2. The van der Waals surface area contributed by atoms with Gasteiger partial charge in [-0.2, -0.15) is 0 Å². The number of nitrogens with two attached hydrogens (primary N) is 1. The van der Waals surface area contributed by atoms with Crippen LogP contribution in [0.4, 0.5) is 0 Å². The number of nitrogens with zero attached hydrogens (tertiary/aromatic N) is 1. The van der Waals surface area contributed by atoms with Gasteiger partial charge >= 0.3 is 0 Å². The van der Waals surface area contributed by atoms with Gasteiger partial charge in [-0.05, 0) is 34.9 Å². The average molecular weight is 431 g/mol. The van der Waals surface area contributed by atoms with Gasteiger partial charge in [0.2, 0.25) is 0 Å². The Hall–Kier alpha value is -3.64. The van der Waals surface area contributed by atoms with Crippen molar-refractivity contribution in [2.24, 2.45) is 5.73 Å². The zero-order valence-electron chi connectivity index (χ0n) is 18.0. The van der Waals surface area contributed by atoms with Gasteiger partial charge in [0.05, 0.1) is 20.3 Å². The van der Waals surface area contributed by atoms with Crippen LogP contribution in [0.15, 0.2) is 78.9 Å². The predicted octanol–water partition coefficient (Wildman–Crippen LogP) is 3.30. The summed E-state index contributed by atoms with van der Waals surface area (Å²) in [4.78, 5) is 27.2. The Labute approximate surface area is 187 Å². The number of hydrogen-bond acceptors (Lipinski definition) is 4. The van der Waals surface area contributed by atoms with Crippen molar-refractivity contribution < 1.29 is 19.1 Å². The first kappa shape index (κ1) is 21.6. The fourth-order valence-electron chi connectivity index (χ4n) is 4.01. The molecule has 164 valence electrons. The third-order valence-electron chi connectivity index (χ3n) is 5.79. The van der Waals surface area contributed by atoms with Crippen LogP contribution in [0.25, 0.3) is 11.1 Å². The molecule has 0 aliphatic carbocycles. The van der Waals surface area contributed by atoms with Crippen LogP contribution >= 0.6 is 0 Å². The molecular weight excluding hydrogens is 404 g/mol. The number of morpholine rings is 1. The number of carbonyl (C=O) groups is 2. The molecule has 32 heavy (non-hydrogen) atoms. The number of amides is 2. The number of rotatable bonds is 6. The van der Waals surface area contributed by atoms with Crippen LogP contribution in [0.3, 0.4) is 0 Å². The summed E-state index contributed by atoms with van der Waals surface area (Å²) < 4.78 is 11.1. The van der Waals surface area contributed by atoms with E-state index in [0.29, 0.717) is 24.3 Å². The van der Waals surface area contributed by atoms with E-state index >= 15 is 0 Å². The summed E-state index contributed by atoms with van der Waals surface area (Å²) in [5.74, 6) is -0.159. The lowest BCUT2D eigenvalue weighted by atomic mass is 9.90. The molecule has 1 aliphatic heterocycles. The van der Waals surface area contributed by atoms with Crippen molar-refractivity contribution in [3.05, 3.63) is 90.0 Å². The van der Waals surface area contributed by atoms with E-state index in [4.69, 9.17) is 15.2 Å². The lowest BCUT2D eigenvalue weighted by Crippen LogP contribution is -2.61. The summed E-state index contributed by atoms with van der Waals surface area (Å²) in [5, 5.41) is 0. The molecule has 4 rings (SSSR count). The quantitative estimate of drug-likeness (QED) is 0.651. The van der Waals surface area contributed by atoms with Crippen LogP contribution in [0.1, 0.15) is 15.9 Å². The van der Waals surface area contributed by atoms with Crippen LogP contribution in [-0.2, 0) is 16.0 Å². The largest absolute Gasteiger partial charge is 0.497 e. The zero-order chi connectivity index (χ0) is 22.6. The van der Waals surface area contributed by atoms with Gasteiger partial charge in [-0.3, -0.25) is 9.59 Å². The van der Waals surface area contributed by atoms with E-state index in [-0.39, 0.29) is 19.1 Å². The van der Waals surface area contributed by atoms with Crippen molar-refractivity contribution in [2.45, 2.75) is 12.0 Å². The molecule has 2 amide bonds. The maximum Gasteiger partial charge on any atom is 0.254 e. The van der Waals surface area contributed by atoms with Crippen LogP contribution < -0.4 is 10.5 Å². The minimum atomic E-state index is -1.28. The first-order valence-electron chi connectivity index (χ1n) is 10.5. The Kier molecular flexibility index (Phi) is 6.23. The van der Waals surface area contributed by atoms with Crippen molar-refractivity contribution in [2.75, 3.05) is 26.8 Å². The second-order valence-corrected chi connectivity index (χ2v) is 7.91. The second-order valence-electron chi connectivity index (χ2n) is 7.91. The minimum absolute atomic E-state index is 0.0960. The Morgan fingerprint density at radius 2 is 1.72 bits per heavy atom. The third-order valence-corrected chi connectivity index (χ3v) is 5.79. The van der Waals surface area contributed by atoms with Gasteiger partial charge in [-0.1, -0.05) is 60.7 Å². The normalized spacial score (nSPS) is 18.2. The van der Waals surface area contributed by atoms with E-state index < -0.39 is 11.5 Å². The van der Waals surface area contributed by atoms with Crippen LogP contribution in [-0.4, -0.2) is 49.1 Å². The van der Waals surface area contributed by atoms with Gasteiger partial charge in [-0.25, -0.2) is 0 Å². The molecule has 1 atom stereocenters. The summed E-state index contributed by atoms with van der Waals surface area (Å²) in [6.07, 6.45) is 0.291. The highest BCUT2D eigenvalue weighted by Crippen LogP contribution is 2.27. The minimum Gasteiger partial charge on any atom is -0.497 e. The molecule has 1 heterocycles. The molecule has 1 aliphatic rings. The summed E-state index contributed by atoms with van der Waals surface area (Å²) in [6, 6.07) is 25.0. The highest BCUT2D eigenvalue weighted by Gasteiger charge is 2.44. The maximum atomic E-state index is 13.1. The van der Waals surface area contributed by atoms with Gasteiger partial charge < -0.3 is 20.1 Å². The summed E-state index contributed by atoms with van der Waals surface area (Å²) in [6.45, 7) is 0.720. The molecule has 0 unspecified atom stereocenters. The Morgan fingerprint density at radius 1 is 1.00 bits per heavy atom. The number of primary amides is 1. The van der Waals surface area contributed by atoms with Gasteiger partial charge in [0, 0.05) is 18.5 Å². The molecular formula is C26H26N2O4. The molecule has 0 aromatic heterocycles. The van der Waals surface area contributed by atoms with Gasteiger partial charge in [-0.15, -0.1) is 0 Å². The zero-order valence-corrected chi connectivity index (χ0v) is 18.0. The third kappa shape index (κ3) is 4.50. The first-order chi connectivity index (χ1) is 15.5. The van der Waals surface area contributed by atoms with E-state index in [2.05, 4.69) is 0 Å². The molecule has 6 nitrogen and oxygen atoms in total. The van der Waals surface area contributed by atoms with Crippen molar-refractivity contribution in [1.82, 2.24) is 4.90 Å². The highest BCUT2D eigenvalue weighted by molar-refractivity contribution is 5.95. The Bertz CT molecular complexity index is 1100. The number of methoxy groups -OCH3 is 1. The number of benzene rings is 3. The maximum absolute atomic E-state index is 13.1. The van der Waals surface area contributed by atoms with E-state index in [9.17, 15) is 9.59 Å². The summed E-state index contributed by atoms with van der Waals surface area (Å²) in [7, 11) is 1.56. The monoisotopic (exact) mass is 430 g/mol.